The molecule has 0 saturated carbocycles. The molecule has 1 saturated heterocycles. The van der Waals surface area contributed by atoms with Crippen molar-refractivity contribution in [3.05, 3.63) is 54.2 Å². The molecule has 36 heavy (non-hydrogen) atoms. The SMILES string of the molecule is CC(C)(C)N(CC1CCN(c2cccc3ccc(-c4nnc5cc(C=O)ccn45)nc23)CC1)C(=O)O. The van der Waals surface area contributed by atoms with Crippen molar-refractivity contribution < 1.29 is 14.7 Å². The molecular formula is C27H30N6O3. The van der Waals surface area contributed by atoms with Gasteiger partial charge in [-0.1, -0.05) is 18.2 Å². The molecule has 5 rings (SSSR count). The number of carboxylic acid groups (broad SMARTS) is 1. The van der Waals surface area contributed by atoms with Gasteiger partial charge in [0.15, 0.2) is 11.5 Å². The number of piperidine rings is 1. The van der Waals surface area contributed by atoms with E-state index in [1.54, 1.807) is 23.2 Å². The van der Waals surface area contributed by atoms with Crippen molar-refractivity contribution in [3.63, 3.8) is 0 Å². The number of anilines is 1. The predicted octanol–water partition coefficient (Wildman–Crippen LogP) is 4.75. The fraction of sp³-hybridized carbons (Fsp3) is 0.370. The second kappa shape index (κ2) is 9.22. The van der Waals surface area contributed by atoms with E-state index < -0.39 is 11.6 Å². The van der Waals surface area contributed by atoms with Gasteiger partial charge in [0.05, 0.1) is 11.2 Å². The lowest BCUT2D eigenvalue weighted by atomic mass is 9.93. The molecule has 0 unspecified atom stereocenters. The highest BCUT2D eigenvalue weighted by molar-refractivity contribution is 5.92. The number of carbonyl (C=O) groups excluding carboxylic acids is 1. The largest absolute Gasteiger partial charge is 0.465 e. The third-order valence-electron chi connectivity index (χ3n) is 6.93. The van der Waals surface area contributed by atoms with Crippen LogP contribution in [-0.4, -0.2) is 67.1 Å². The third-order valence-corrected chi connectivity index (χ3v) is 6.93. The van der Waals surface area contributed by atoms with Crippen LogP contribution in [0.3, 0.4) is 0 Å². The van der Waals surface area contributed by atoms with Gasteiger partial charge in [-0.25, -0.2) is 9.78 Å². The highest BCUT2D eigenvalue weighted by Gasteiger charge is 2.30. The molecule has 1 aliphatic rings. The number of aromatic nitrogens is 4. The predicted molar refractivity (Wildman–Crippen MR) is 139 cm³/mol. The zero-order valence-corrected chi connectivity index (χ0v) is 20.8. The molecule has 186 valence electrons. The number of benzene rings is 1. The Morgan fingerprint density at radius 3 is 2.61 bits per heavy atom. The summed E-state index contributed by atoms with van der Waals surface area (Å²) in [7, 11) is 0. The molecule has 9 nitrogen and oxygen atoms in total. The average Bonchev–Trinajstić information content (AvgIpc) is 3.29. The lowest BCUT2D eigenvalue weighted by Crippen LogP contribution is -2.49. The monoisotopic (exact) mass is 486 g/mol. The van der Waals surface area contributed by atoms with E-state index in [9.17, 15) is 14.7 Å². The van der Waals surface area contributed by atoms with Gasteiger partial charge in [-0.2, -0.15) is 0 Å². The van der Waals surface area contributed by atoms with Crippen LogP contribution in [0.5, 0.6) is 0 Å². The first-order chi connectivity index (χ1) is 17.2. The molecule has 0 radical (unpaired) electrons. The maximum absolute atomic E-state index is 11.8. The third kappa shape index (κ3) is 4.48. The van der Waals surface area contributed by atoms with Crippen molar-refractivity contribution in [1.29, 1.82) is 0 Å². The quantitative estimate of drug-likeness (QED) is 0.406. The maximum atomic E-state index is 11.8. The Morgan fingerprint density at radius 1 is 1.14 bits per heavy atom. The van der Waals surface area contributed by atoms with Crippen molar-refractivity contribution in [1.82, 2.24) is 24.5 Å². The molecule has 1 fully saturated rings. The number of aldehydes is 1. The number of nitrogens with zero attached hydrogens (tertiary/aromatic N) is 6. The van der Waals surface area contributed by atoms with Crippen LogP contribution in [0.4, 0.5) is 10.5 Å². The van der Waals surface area contributed by atoms with Crippen molar-refractivity contribution in [2.45, 2.75) is 39.2 Å². The van der Waals surface area contributed by atoms with Crippen LogP contribution < -0.4 is 4.90 Å². The highest BCUT2D eigenvalue weighted by atomic mass is 16.4. The summed E-state index contributed by atoms with van der Waals surface area (Å²) < 4.78 is 1.83. The minimum absolute atomic E-state index is 0.327. The summed E-state index contributed by atoms with van der Waals surface area (Å²) in [5.41, 5.74) is 3.40. The Bertz CT molecular complexity index is 1430. The minimum atomic E-state index is -0.862. The van der Waals surface area contributed by atoms with E-state index in [1.807, 2.05) is 43.4 Å². The van der Waals surface area contributed by atoms with E-state index >= 15 is 0 Å². The number of amides is 1. The molecule has 1 amide bonds. The molecule has 0 bridgehead atoms. The second-order valence-corrected chi connectivity index (χ2v) is 10.4. The second-order valence-electron chi connectivity index (χ2n) is 10.4. The molecule has 0 atom stereocenters. The smallest absolute Gasteiger partial charge is 0.407 e. The van der Waals surface area contributed by atoms with E-state index in [-0.39, 0.29) is 0 Å². The number of fused-ring (bicyclic) bond motifs is 2. The van der Waals surface area contributed by atoms with E-state index in [0.717, 1.165) is 48.8 Å². The molecule has 0 spiro atoms. The normalized spacial score (nSPS) is 14.9. The van der Waals surface area contributed by atoms with Crippen molar-refractivity contribution in [2.75, 3.05) is 24.5 Å². The number of carbonyl (C=O) groups is 2. The fourth-order valence-corrected chi connectivity index (χ4v) is 4.92. The van der Waals surface area contributed by atoms with Gasteiger partial charge in [-0.15, -0.1) is 10.2 Å². The molecule has 0 aliphatic carbocycles. The van der Waals surface area contributed by atoms with Gasteiger partial charge in [0.1, 0.15) is 12.0 Å². The van der Waals surface area contributed by atoms with Crippen LogP contribution in [-0.2, 0) is 0 Å². The summed E-state index contributed by atoms with van der Waals surface area (Å²) in [5.74, 6) is 0.947. The van der Waals surface area contributed by atoms with Gasteiger partial charge in [-0.3, -0.25) is 9.20 Å². The Morgan fingerprint density at radius 2 is 1.92 bits per heavy atom. The van der Waals surface area contributed by atoms with Crippen LogP contribution in [0, 0.1) is 5.92 Å². The van der Waals surface area contributed by atoms with Gasteiger partial charge in [-0.05, 0) is 63.8 Å². The standard InChI is InChI=1S/C27H30N6O3/c1-27(2,3)33(26(35)36)16-18-9-12-31(13-10-18)22-6-4-5-20-7-8-21(28-24(20)22)25-30-29-23-15-19(17-34)11-14-32(23)25/h4-8,11,14-15,17-18H,9-10,12-13,16H2,1-3H3,(H,35,36). The fourth-order valence-electron chi connectivity index (χ4n) is 4.92. The van der Waals surface area contributed by atoms with Crippen LogP contribution in [0.25, 0.3) is 28.1 Å². The molecule has 3 aromatic heterocycles. The van der Waals surface area contributed by atoms with Gasteiger partial charge < -0.3 is 14.9 Å². The van der Waals surface area contributed by atoms with Crippen LogP contribution in [0.15, 0.2) is 48.7 Å². The zero-order chi connectivity index (χ0) is 25.4. The van der Waals surface area contributed by atoms with Crippen molar-refractivity contribution in [2.24, 2.45) is 5.92 Å². The topological polar surface area (TPSA) is 104 Å². The summed E-state index contributed by atoms with van der Waals surface area (Å²) in [6.45, 7) is 8.06. The van der Waals surface area contributed by atoms with Crippen LogP contribution in [0.1, 0.15) is 44.0 Å². The van der Waals surface area contributed by atoms with Gasteiger partial charge >= 0.3 is 6.09 Å². The summed E-state index contributed by atoms with van der Waals surface area (Å²) in [4.78, 5) is 31.8. The Hall–Kier alpha value is -4.01. The zero-order valence-electron chi connectivity index (χ0n) is 20.8. The van der Waals surface area contributed by atoms with Crippen LogP contribution >= 0.6 is 0 Å². The molecule has 9 heteroatoms. The summed E-state index contributed by atoms with van der Waals surface area (Å²) in [6, 6.07) is 13.6. The van der Waals surface area contributed by atoms with Crippen molar-refractivity contribution >= 4 is 34.6 Å². The molecule has 4 heterocycles. The number of hydrogen-bond acceptors (Lipinski definition) is 6. The molecule has 1 aliphatic heterocycles. The summed E-state index contributed by atoms with van der Waals surface area (Å²) in [6.07, 6.45) is 3.56. The Balaban J connectivity index is 1.40. The first kappa shape index (κ1) is 23.7. The Kier molecular flexibility index (Phi) is 6.07. The minimum Gasteiger partial charge on any atom is -0.465 e. The van der Waals surface area contributed by atoms with Gasteiger partial charge in [0.2, 0.25) is 0 Å². The van der Waals surface area contributed by atoms with E-state index in [4.69, 9.17) is 4.98 Å². The van der Waals surface area contributed by atoms with E-state index in [1.165, 1.54) is 0 Å². The van der Waals surface area contributed by atoms with E-state index in [0.29, 0.717) is 35.2 Å². The molecule has 4 aromatic rings. The van der Waals surface area contributed by atoms with Gasteiger partial charge in [0.25, 0.3) is 0 Å². The maximum Gasteiger partial charge on any atom is 0.407 e. The number of pyridine rings is 2. The first-order valence-corrected chi connectivity index (χ1v) is 12.2. The Labute approximate surface area is 209 Å². The summed E-state index contributed by atoms with van der Waals surface area (Å²) in [5, 5.41) is 19.3. The van der Waals surface area contributed by atoms with Crippen molar-refractivity contribution in [3.8, 4) is 11.5 Å². The number of para-hydroxylation sites is 1. The van der Waals surface area contributed by atoms with Gasteiger partial charge in [0, 0.05) is 42.3 Å². The number of hydrogen-bond donors (Lipinski definition) is 1. The molecule has 1 N–H and O–H groups in total. The highest BCUT2D eigenvalue weighted by Crippen LogP contribution is 2.32. The first-order valence-electron chi connectivity index (χ1n) is 12.2. The summed E-state index contributed by atoms with van der Waals surface area (Å²) >= 11 is 0. The van der Waals surface area contributed by atoms with Crippen LogP contribution in [0.2, 0.25) is 0 Å². The lowest BCUT2D eigenvalue weighted by Gasteiger charge is -2.39. The van der Waals surface area contributed by atoms with E-state index in [2.05, 4.69) is 27.2 Å². The molecule has 1 aromatic carbocycles. The average molecular weight is 487 g/mol. The number of rotatable bonds is 5. The lowest BCUT2D eigenvalue weighted by molar-refractivity contribution is 0.0852. The molecular weight excluding hydrogens is 456 g/mol.